The molecule has 0 aliphatic heterocycles. The topological polar surface area (TPSA) is 0 Å². The first-order valence-corrected chi connectivity index (χ1v) is 4.53. The van der Waals surface area contributed by atoms with Crippen molar-refractivity contribution in [3.8, 4) is 0 Å². The van der Waals surface area contributed by atoms with Crippen molar-refractivity contribution >= 4 is 17.6 Å². The zero-order valence-corrected chi connectivity index (χ0v) is 7.48. The molecule has 2 aromatic carbocycles. The Labute approximate surface area is 96.0 Å². The molecule has 2 rings (SSSR count). The molecule has 0 aliphatic carbocycles. The fourth-order valence-corrected chi connectivity index (χ4v) is 1.43. The van der Waals surface area contributed by atoms with Crippen molar-refractivity contribution in [2.75, 3.05) is 0 Å². The summed E-state index contributed by atoms with van der Waals surface area (Å²) in [6, 6.07) is 21.1. The smallest absolute Gasteiger partial charge is 0.00258 e. The van der Waals surface area contributed by atoms with Crippen LogP contribution in [0.2, 0.25) is 0 Å². The summed E-state index contributed by atoms with van der Waals surface area (Å²) < 4.78 is 0. The molecule has 0 aromatic heterocycles. The van der Waals surface area contributed by atoms with E-state index in [2.05, 4.69) is 60.7 Å². The Morgan fingerprint density at radius 2 is 0.929 bits per heavy atom. The van der Waals surface area contributed by atoms with Gasteiger partial charge in [0.15, 0.2) is 0 Å². The zero-order chi connectivity index (χ0) is 8.93. The van der Waals surface area contributed by atoms with Gasteiger partial charge >= 0.3 is 17.6 Å². The summed E-state index contributed by atoms with van der Waals surface area (Å²) in [5.41, 5.74) is 2.74. The van der Waals surface area contributed by atoms with Crippen LogP contribution < -0.4 is 0 Å². The van der Waals surface area contributed by atoms with E-state index in [1.54, 1.807) is 0 Å². The monoisotopic (exact) mass is 246 g/mol. The van der Waals surface area contributed by atoms with E-state index in [-0.39, 0.29) is 17.6 Å². The number of hydrogen-bond acceptors (Lipinski definition) is 0. The summed E-state index contributed by atoms with van der Waals surface area (Å²) in [5.74, 6) is 0. The largest absolute Gasteiger partial charge is 0.0622 e. The molecule has 0 saturated heterocycles. The van der Waals surface area contributed by atoms with Gasteiger partial charge < -0.3 is 0 Å². The van der Waals surface area contributed by atoms with Crippen molar-refractivity contribution in [2.45, 2.75) is 6.42 Å². The molecule has 0 fully saturated rings. The SMILES string of the molecule is [GeH4].c1ccc(Cc2ccccc2)cc1. The van der Waals surface area contributed by atoms with Gasteiger partial charge in [-0.2, -0.15) is 0 Å². The molecule has 0 aliphatic rings. The summed E-state index contributed by atoms with van der Waals surface area (Å²) in [5, 5.41) is 0. The van der Waals surface area contributed by atoms with Gasteiger partial charge in [0.05, 0.1) is 0 Å². The Morgan fingerprint density at radius 1 is 0.571 bits per heavy atom. The Bertz CT molecular complexity index is 316. The summed E-state index contributed by atoms with van der Waals surface area (Å²) in [6.45, 7) is 0. The molecule has 0 N–H and O–H groups in total. The zero-order valence-electron chi connectivity index (χ0n) is 7.48. The Hall–Kier alpha value is -1.02. The minimum absolute atomic E-state index is 0. The van der Waals surface area contributed by atoms with Gasteiger partial charge in [0, 0.05) is 0 Å². The summed E-state index contributed by atoms with van der Waals surface area (Å²) in [4.78, 5) is 0. The van der Waals surface area contributed by atoms with E-state index in [9.17, 15) is 0 Å². The molecule has 2 aromatic rings. The molecule has 1 heteroatoms. The molecule has 0 amide bonds. The van der Waals surface area contributed by atoms with Crippen molar-refractivity contribution in [1.82, 2.24) is 0 Å². The number of hydrogen-bond donors (Lipinski definition) is 0. The Morgan fingerprint density at radius 3 is 1.29 bits per heavy atom. The third kappa shape index (κ3) is 3.04. The number of rotatable bonds is 2. The third-order valence-electron chi connectivity index (χ3n) is 2.09. The summed E-state index contributed by atoms with van der Waals surface area (Å²) >= 11 is 0. The normalized spacial score (nSPS) is 9.14. The molecular formula is C13H16Ge. The van der Waals surface area contributed by atoms with E-state index in [1.807, 2.05) is 0 Å². The van der Waals surface area contributed by atoms with Gasteiger partial charge in [0.1, 0.15) is 0 Å². The number of benzene rings is 2. The average molecular weight is 245 g/mol. The molecular weight excluding hydrogens is 229 g/mol. The van der Waals surface area contributed by atoms with Crippen molar-refractivity contribution in [2.24, 2.45) is 0 Å². The molecule has 0 bridgehead atoms. The molecule has 0 nitrogen and oxygen atoms in total. The molecule has 14 heavy (non-hydrogen) atoms. The van der Waals surface area contributed by atoms with Crippen molar-refractivity contribution < 1.29 is 0 Å². The second-order valence-electron chi connectivity index (χ2n) is 3.15. The van der Waals surface area contributed by atoms with Crippen LogP contribution in [0.4, 0.5) is 0 Å². The van der Waals surface area contributed by atoms with E-state index < -0.39 is 0 Å². The molecule has 0 radical (unpaired) electrons. The first-order valence-electron chi connectivity index (χ1n) is 4.53. The minimum atomic E-state index is 0. The van der Waals surface area contributed by atoms with Crippen molar-refractivity contribution in [3.63, 3.8) is 0 Å². The van der Waals surface area contributed by atoms with Gasteiger partial charge in [0.25, 0.3) is 0 Å². The van der Waals surface area contributed by atoms with Crippen LogP contribution in [0.15, 0.2) is 60.7 Å². The van der Waals surface area contributed by atoms with Gasteiger partial charge in [-0.3, -0.25) is 0 Å². The van der Waals surface area contributed by atoms with E-state index in [4.69, 9.17) is 0 Å². The Balaban J connectivity index is 0.000000980. The van der Waals surface area contributed by atoms with Crippen LogP contribution in [0.3, 0.4) is 0 Å². The molecule has 72 valence electrons. The fourth-order valence-electron chi connectivity index (χ4n) is 1.43. The predicted molar refractivity (Wildman–Crippen MR) is 67.0 cm³/mol. The van der Waals surface area contributed by atoms with Crippen LogP contribution in [-0.4, -0.2) is 17.6 Å². The fraction of sp³-hybridized carbons (Fsp3) is 0.0769. The first-order chi connectivity index (χ1) is 6.45. The molecule has 0 spiro atoms. The van der Waals surface area contributed by atoms with Gasteiger partial charge in [-0.15, -0.1) is 0 Å². The van der Waals surface area contributed by atoms with Crippen LogP contribution >= 0.6 is 0 Å². The summed E-state index contributed by atoms with van der Waals surface area (Å²) in [7, 11) is 0. The molecule has 0 unspecified atom stereocenters. The van der Waals surface area contributed by atoms with E-state index in [0.717, 1.165) is 6.42 Å². The van der Waals surface area contributed by atoms with Crippen LogP contribution in [0.25, 0.3) is 0 Å². The molecule has 0 atom stereocenters. The maximum absolute atomic E-state index is 2.16. The van der Waals surface area contributed by atoms with Crippen LogP contribution in [0.5, 0.6) is 0 Å². The standard InChI is InChI=1S/C13H12.GeH4/c1-3-7-12(8-4-1)11-13-9-5-2-6-10-13;/h1-10H,11H2;1H4. The van der Waals surface area contributed by atoms with E-state index in [0.29, 0.717) is 0 Å². The molecule has 0 saturated carbocycles. The molecule has 0 heterocycles. The third-order valence-corrected chi connectivity index (χ3v) is 2.09. The summed E-state index contributed by atoms with van der Waals surface area (Å²) in [6.07, 6.45) is 1.03. The second-order valence-corrected chi connectivity index (χ2v) is 3.15. The van der Waals surface area contributed by atoms with Crippen molar-refractivity contribution in [1.29, 1.82) is 0 Å². The van der Waals surface area contributed by atoms with E-state index in [1.165, 1.54) is 11.1 Å². The Kier molecular flexibility index (Phi) is 4.47. The van der Waals surface area contributed by atoms with Gasteiger partial charge in [-0.05, 0) is 17.5 Å². The second kappa shape index (κ2) is 5.66. The maximum atomic E-state index is 2.16. The first kappa shape index (κ1) is 11.1. The van der Waals surface area contributed by atoms with Crippen molar-refractivity contribution in [3.05, 3.63) is 71.8 Å². The van der Waals surface area contributed by atoms with Gasteiger partial charge in [0.2, 0.25) is 0 Å². The predicted octanol–water partition coefficient (Wildman–Crippen LogP) is 1.83. The average Bonchev–Trinajstić information content (AvgIpc) is 2.21. The quantitative estimate of drug-likeness (QED) is 0.708. The van der Waals surface area contributed by atoms with E-state index >= 15 is 0 Å². The van der Waals surface area contributed by atoms with Crippen LogP contribution in [0.1, 0.15) is 11.1 Å². The van der Waals surface area contributed by atoms with Gasteiger partial charge in [-0.25, -0.2) is 0 Å². The van der Waals surface area contributed by atoms with Crippen LogP contribution in [-0.2, 0) is 6.42 Å². The van der Waals surface area contributed by atoms with Gasteiger partial charge in [-0.1, -0.05) is 60.7 Å². The van der Waals surface area contributed by atoms with Crippen LogP contribution in [0, 0.1) is 0 Å². The minimum Gasteiger partial charge on any atom is -0.0622 e. The maximum Gasteiger partial charge on any atom is -0.00258 e.